The molecule has 0 saturated carbocycles. The quantitative estimate of drug-likeness (QED) is 0.884. The summed E-state index contributed by atoms with van der Waals surface area (Å²) < 4.78 is 18.7. The molecule has 0 unspecified atom stereocenters. The highest BCUT2D eigenvalue weighted by Gasteiger charge is 2.18. The van der Waals surface area contributed by atoms with Crippen LogP contribution in [0.2, 0.25) is 0 Å². The lowest BCUT2D eigenvalue weighted by Crippen LogP contribution is -2.40. The minimum absolute atomic E-state index is 0.0231. The summed E-state index contributed by atoms with van der Waals surface area (Å²) in [5, 5.41) is 5.11. The van der Waals surface area contributed by atoms with E-state index in [0.29, 0.717) is 31.9 Å². The molecule has 1 heterocycles. The van der Waals surface area contributed by atoms with Crippen LogP contribution in [0.25, 0.3) is 0 Å². The minimum atomic E-state index is -0.497. The zero-order chi connectivity index (χ0) is 18.4. The van der Waals surface area contributed by atoms with E-state index in [1.165, 1.54) is 12.1 Å². The Morgan fingerprint density at radius 3 is 2.42 bits per heavy atom. The van der Waals surface area contributed by atoms with Gasteiger partial charge in [-0.05, 0) is 29.8 Å². The van der Waals surface area contributed by atoms with Crippen molar-refractivity contribution in [3.8, 4) is 0 Å². The Morgan fingerprint density at radius 1 is 1.04 bits per heavy atom. The number of carbonyl (C=O) groups is 2. The Bertz CT molecular complexity index is 774. The lowest BCUT2D eigenvalue weighted by atomic mass is 10.1. The molecule has 2 aromatic carbocycles. The third-order valence-corrected chi connectivity index (χ3v) is 4.07. The van der Waals surface area contributed by atoms with Crippen molar-refractivity contribution in [2.45, 2.75) is 6.54 Å². The fourth-order valence-corrected chi connectivity index (χ4v) is 2.63. The van der Waals surface area contributed by atoms with Crippen molar-refractivity contribution in [3.05, 3.63) is 65.5 Å². The molecule has 1 fully saturated rings. The van der Waals surface area contributed by atoms with Crippen LogP contribution in [0.4, 0.5) is 14.9 Å². The average molecular weight is 357 g/mol. The van der Waals surface area contributed by atoms with Crippen molar-refractivity contribution in [1.82, 2.24) is 10.2 Å². The lowest BCUT2D eigenvalue weighted by Gasteiger charge is -2.26. The number of benzene rings is 2. The molecule has 3 rings (SSSR count). The Hall–Kier alpha value is -2.93. The summed E-state index contributed by atoms with van der Waals surface area (Å²) in [4.78, 5) is 26.0. The van der Waals surface area contributed by atoms with Gasteiger partial charge in [0.2, 0.25) is 0 Å². The summed E-state index contributed by atoms with van der Waals surface area (Å²) in [6.07, 6.45) is 0. The van der Waals surface area contributed by atoms with Gasteiger partial charge in [-0.1, -0.05) is 24.3 Å². The van der Waals surface area contributed by atoms with Crippen LogP contribution in [0.1, 0.15) is 15.9 Å². The van der Waals surface area contributed by atoms with Crippen molar-refractivity contribution < 1.29 is 18.7 Å². The second kappa shape index (κ2) is 8.44. The zero-order valence-corrected chi connectivity index (χ0v) is 14.2. The van der Waals surface area contributed by atoms with Gasteiger partial charge >= 0.3 is 6.03 Å². The fraction of sp³-hybridized carbons (Fsp3) is 0.263. The van der Waals surface area contributed by atoms with E-state index in [0.717, 1.165) is 5.56 Å². The first-order chi connectivity index (χ1) is 12.6. The molecule has 7 heteroatoms. The third kappa shape index (κ3) is 4.58. The number of ether oxygens (including phenoxy) is 1. The molecule has 0 aliphatic carbocycles. The van der Waals surface area contributed by atoms with Gasteiger partial charge < -0.3 is 20.3 Å². The Labute approximate surface area is 150 Å². The highest BCUT2D eigenvalue weighted by atomic mass is 19.1. The molecule has 0 aromatic heterocycles. The van der Waals surface area contributed by atoms with Crippen molar-refractivity contribution in [3.63, 3.8) is 0 Å². The predicted molar refractivity (Wildman–Crippen MR) is 95.4 cm³/mol. The summed E-state index contributed by atoms with van der Waals surface area (Å²) in [5.41, 5.74) is 1.56. The van der Waals surface area contributed by atoms with Gasteiger partial charge in [-0.2, -0.15) is 0 Å². The molecule has 1 aliphatic rings. The maximum atomic E-state index is 13.5. The largest absolute Gasteiger partial charge is 0.378 e. The molecule has 2 N–H and O–H groups in total. The molecular weight excluding hydrogens is 337 g/mol. The smallest absolute Gasteiger partial charge is 0.319 e. The summed E-state index contributed by atoms with van der Waals surface area (Å²) in [5.74, 6) is -0.515. The van der Waals surface area contributed by atoms with Crippen molar-refractivity contribution in [2.75, 3.05) is 31.6 Å². The zero-order valence-electron chi connectivity index (χ0n) is 14.2. The molecular formula is C19H20FN3O3. The number of rotatable bonds is 4. The van der Waals surface area contributed by atoms with Crippen LogP contribution >= 0.6 is 0 Å². The first-order valence-corrected chi connectivity index (χ1v) is 8.39. The fourth-order valence-electron chi connectivity index (χ4n) is 2.63. The van der Waals surface area contributed by atoms with Gasteiger partial charge in [0.05, 0.1) is 18.9 Å². The minimum Gasteiger partial charge on any atom is -0.378 e. The van der Waals surface area contributed by atoms with Gasteiger partial charge in [0, 0.05) is 25.2 Å². The number of halogens is 1. The molecule has 0 bridgehead atoms. The molecule has 1 aliphatic heterocycles. The molecule has 3 amide bonds. The number of morpholine rings is 1. The average Bonchev–Trinajstić information content (AvgIpc) is 2.69. The van der Waals surface area contributed by atoms with Gasteiger partial charge in [0.25, 0.3) is 5.91 Å². The van der Waals surface area contributed by atoms with Crippen molar-refractivity contribution in [2.24, 2.45) is 0 Å². The number of anilines is 1. The van der Waals surface area contributed by atoms with Gasteiger partial charge in [-0.25, -0.2) is 9.18 Å². The maximum absolute atomic E-state index is 13.5. The number of nitrogens with one attached hydrogen (secondary N) is 2. The summed E-state index contributed by atoms with van der Waals surface area (Å²) in [6.45, 7) is 2.58. The van der Waals surface area contributed by atoms with Crippen LogP contribution < -0.4 is 10.6 Å². The standard InChI is InChI=1S/C19H20FN3O3/c20-16-3-1-2-4-17(16)22-19(25)21-13-14-5-7-15(8-6-14)18(24)23-9-11-26-12-10-23/h1-8H,9-13H2,(H2,21,22,25). The molecule has 136 valence electrons. The molecule has 6 nitrogen and oxygen atoms in total. The first-order valence-electron chi connectivity index (χ1n) is 8.39. The van der Waals surface area contributed by atoms with Gasteiger partial charge in [-0.15, -0.1) is 0 Å². The second-order valence-electron chi connectivity index (χ2n) is 5.89. The maximum Gasteiger partial charge on any atom is 0.319 e. The highest BCUT2D eigenvalue weighted by molar-refractivity contribution is 5.94. The first kappa shape index (κ1) is 17.9. The Morgan fingerprint density at radius 2 is 1.73 bits per heavy atom. The monoisotopic (exact) mass is 357 g/mol. The third-order valence-electron chi connectivity index (χ3n) is 4.07. The molecule has 0 spiro atoms. The van der Waals surface area contributed by atoms with E-state index in [4.69, 9.17) is 4.74 Å². The number of amides is 3. The van der Waals surface area contributed by atoms with Gasteiger partial charge in [0.1, 0.15) is 5.82 Å². The van der Waals surface area contributed by atoms with Crippen LogP contribution in [0.15, 0.2) is 48.5 Å². The van der Waals surface area contributed by atoms with E-state index in [9.17, 15) is 14.0 Å². The normalized spacial score (nSPS) is 14.0. The van der Waals surface area contributed by atoms with Crippen LogP contribution in [0, 0.1) is 5.82 Å². The van der Waals surface area contributed by atoms with Gasteiger partial charge in [0.15, 0.2) is 0 Å². The predicted octanol–water partition coefficient (Wildman–Crippen LogP) is 2.62. The number of hydrogen-bond donors (Lipinski definition) is 2. The molecule has 26 heavy (non-hydrogen) atoms. The van der Waals surface area contributed by atoms with Crippen LogP contribution in [0.5, 0.6) is 0 Å². The van der Waals surface area contributed by atoms with Crippen LogP contribution in [-0.2, 0) is 11.3 Å². The van der Waals surface area contributed by atoms with E-state index in [2.05, 4.69) is 10.6 Å². The van der Waals surface area contributed by atoms with Crippen LogP contribution in [0.3, 0.4) is 0 Å². The number of carbonyl (C=O) groups excluding carboxylic acids is 2. The second-order valence-corrected chi connectivity index (χ2v) is 5.89. The topological polar surface area (TPSA) is 70.7 Å². The van der Waals surface area contributed by atoms with Crippen LogP contribution in [-0.4, -0.2) is 43.1 Å². The summed E-state index contributed by atoms with van der Waals surface area (Å²) >= 11 is 0. The number of nitrogens with zero attached hydrogens (tertiary/aromatic N) is 1. The lowest BCUT2D eigenvalue weighted by molar-refractivity contribution is 0.0303. The van der Waals surface area contributed by atoms with E-state index in [1.54, 1.807) is 41.3 Å². The van der Waals surface area contributed by atoms with E-state index >= 15 is 0 Å². The Balaban J connectivity index is 1.52. The molecule has 0 atom stereocenters. The van der Waals surface area contributed by atoms with Crippen molar-refractivity contribution >= 4 is 17.6 Å². The number of para-hydroxylation sites is 1. The molecule has 2 aromatic rings. The van der Waals surface area contributed by atoms with E-state index in [-0.39, 0.29) is 18.1 Å². The van der Waals surface area contributed by atoms with Crippen molar-refractivity contribution in [1.29, 1.82) is 0 Å². The number of urea groups is 1. The summed E-state index contributed by atoms with van der Waals surface area (Å²) in [7, 11) is 0. The number of hydrogen-bond acceptors (Lipinski definition) is 3. The molecule has 1 saturated heterocycles. The van der Waals surface area contributed by atoms with E-state index in [1.807, 2.05) is 0 Å². The molecule has 0 radical (unpaired) electrons. The highest BCUT2D eigenvalue weighted by Crippen LogP contribution is 2.12. The van der Waals surface area contributed by atoms with Gasteiger partial charge in [-0.3, -0.25) is 4.79 Å². The van der Waals surface area contributed by atoms with E-state index < -0.39 is 11.8 Å². The Kier molecular flexibility index (Phi) is 5.80. The SMILES string of the molecule is O=C(NCc1ccc(C(=O)N2CCOCC2)cc1)Nc1ccccc1F. The summed E-state index contributed by atoms with van der Waals surface area (Å²) in [6, 6.07) is 12.5.